The summed E-state index contributed by atoms with van der Waals surface area (Å²) < 4.78 is 0. The minimum absolute atomic E-state index is 0.778. The fourth-order valence-corrected chi connectivity index (χ4v) is 3.15. The Morgan fingerprint density at radius 1 is 1.06 bits per heavy atom. The molecule has 0 radical (unpaired) electrons. The van der Waals surface area contributed by atoms with Crippen molar-refractivity contribution in [2.75, 3.05) is 26.2 Å². The molecule has 0 aromatic heterocycles. The Bertz CT molecular complexity index is 177. The zero-order valence-electron chi connectivity index (χ0n) is 10.9. The summed E-state index contributed by atoms with van der Waals surface area (Å²) in [5.41, 5.74) is 0. The molecule has 0 spiro atoms. The summed E-state index contributed by atoms with van der Waals surface area (Å²) in [4.78, 5) is 2.69. The molecule has 0 aromatic carbocycles. The van der Waals surface area contributed by atoms with E-state index in [0.717, 1.165) is 12.0 Å². The minimum Gasteiger partial charge on any atom is -0.313 e. The van der Waals surface area contributed by atoms with Crippen LogP contribution in [0.5, 0.6) is 0 Å². The van der Waals surface area contributed by atoms with Gasteiger partial charge in [-0.05, 0) is 51.2 Å². The molecule has 2 fully saturated rings. The molecule has 94 valence electrons. The Morgan fingerprint density at radius 2 is 1.88 bits per heavy atom. The van der Waals surface area contributed by atoms with Gasteiger partial charge in [-0.1, -0.05) is 26.2 Å². The first-order chi connectivity index (χ1) is 7.88. The Morgan fingerprint density at radius 3 is 2.62 bits per heavy atom. The maximum absolute atomic E-state index is 3.71. The highest BCUT2D eigenvalue weighted by atomic mass is 15.2. The molecular weight excluding hydrogens is 196 g/mol. The topological polar surface area (TPSA) is 15.3 Å². The van der Waals surface area contributed by atoms with E-state index in [1.54, 1.807) is 0 Å². The zero-order valence-corrected chi connectivity index (χ0v) is 10.9. The van der Waals surface area contributed by atoms with Crippen molar-refractivity contribution in [3.05, 3.63) is 0 Å². The van der Waals surface area contributed by atoms with Crippen LogP contribution in [0.4, 0.5) is 0 Å². The van der Waals surface area contributed by atoms with Gasteiger partial charge in [0.15, 0.2) is 0 Å². The molecule has 1 unspecified atom stereocenters. The molecule has 0 aromatic rings. The van der Waals surface area contributed by atoms with Crippen LogP contribution >= 0.6 is 0 Å². The van der Waals surface area contributed by atoms with Gasteiger partial charge in [-0.3, -0.25) is 0 Å². The summed E-state index contributed by atoms with van der Waals surface area (Å²) in [6.45, 7) is 7.58. The van der Waals surface area contributed by atoms with E-state index in [-0.39, 0.29) is 0 Å². The van der Waals surface area contributed by atoms with E-state index in [9.17, 15) is 0 Å². The number of nitrogens with zero attached hydrogens (tertiary/aromatic N) is 1. The largest absolute Gasteiger partial charge is 0.313 e. The van der Waals surface area contributed by atoms with E-state index >= 15 is 0 Å². The van der Waals surface area contributed by atoms with E-state index in [4.69, 9.17) is 0 Å². The molecule has 2 nitrogen and oxygen atoms in total. The maximum atomic E-state index is 3.71. The molecule has 2 aliphatic rings. The standard InChI is InChI=1S/C14H28N2/c1-2-13-7-10-16(11-8-13)12-14-6-4-3-5-9-15-14/h13-15H,2-12H2,1H3. The average Bonchev–Trinajstić information content (AvgIpc) is 2.59. The fourth-order valence-electron chi connectivity index (χ4n) is 3.15. The number of hydrogen-bond acceptors (Lipinski definition) is 2. The molecule has 0 bridgehead atoms. The SMILES string of the molecule is CCC1CCN(CC2CCCCCN2)CC1. The summed E-state index contributed by atoms with van der Waals surface area (Å²) in [5.74, 6) is 1.01. The smallest absolute Gasteiger partial charge is 0.0195 e. The van der Waals surface area contributed by atoms with Crippen LogP contribution in [-0.2, 0) is 0 Å². The Kier molecular flexibility index (Phi) is 5.11. The van der Waals surface area contributed by atoms with Gasteiger partial charge < -0.3 is 10.2 Å². The van der Waals surface area contributed by atoms with Crippen LogP contribution in [0.1, 0.15) is 51.9 Å². The Balaban J connectivity index is 1.69. The van der Waals surface area contributed by atoms with Gasteiger partial charge >= 0.3 is 0 Å². The lowest BCUT2D eigenvalue weighted by Crippen LogP contribution is -2.43. The first kappa shape index (κ1) is 12.4. The van der Waals surface area contributed by atoms with Gasteiger partial charge in [-0.15, -0.1) is 0 Å². The zero-order chi connectivity index (χ0) is 11.2. The lowest BCUT2D eigenvalue weighted by molar-refractivity contribution is 0.165. The van der Waals surface area contributed by atoms with Crippen LogP contribution in [0.25, 0.3) is 0 Å². The van der Waals surface area contributed by atoms with Crippen molar-refractivity contribution in [1.82, 2.24) is 10.2 Å². The maximum Gasteiger partial charge on any atom is 0.0195 e. The second-order valence-corrected chi connectivity index (χ2v) is 5.65. The van der Waals surface area contributed by atoms with Crippen molar-refractivity contribution in [2.45, 2.75) is 57.9 Å². The summed E-state index contributed by atoms with van der Waals surface area (Å²) in [6, 6.07) is 0.778. The van der Waals surface area contributed by atoms with E-state index < -0.39 is 0 Å². The molecule has 2 aliphatic heterocycles. The van der Waals surface area contributed by atoms with Gasteiger partial charge in [0.2, 0.25) is 0 Å². The van der Waals surface area contributed by atoms with Crippen molar-refractivity contribution in [3.8, 4) is 0 Å². The summed E-state index contributed by atoms with van der Waals surface area (Å²) >= 11 is 0. The van der Waals surface area contributed by atoms with Crippen LogP contribution in [0, 0.1) is 5.92 Å². The van der Waals surface area contributed by atoms with Crippen molar-refractivity contribution < 1.29 is 0 Å². The van der Waals surface area contributed by atoms with Gasteiger partial charge in [0.25, 0.3) is 0 Å². The van der Waals surface area contributed by atoms with Crippen molar-refractivity contribution in [1.29, 1.82) is 0 Å². The minimum atomic E-state index is 0.778. The molecule has 1 N–H and O–H groups in total. The molecule has 0 saturated carbocycles. The second-order valence-electron chi connectivity index (χ2n) is 5.65. The Labute approximate surface area is 101 Å². The number of rotatable bonds is 3. The van der Waals surface area contributed by atoms with Crippen molar-refractivity contribution >= 4 is 0 Å². The molecule has 2 heterocycles. The molecule has 16 heavy (non-hydrogen) atoms. The quantitative estimate of drug-likeness (QED) is 0.793. The van der Waals surface area contributed by atoms with Gasteiger partial charge in [-0.2, -0.15) is 0 Å². The van der Waals surface area contributed by atoms with Gasteiger partial charge in [0, 0.05) is 12.6 Å². The predicted molar refractivity (Wildman–Crippen MR) is 69.7 cm³/mol. The first-order valence-corrected chi connectivity index (χ1v) is 7.34. The van der Waals surface area contributed by atoms with Crippen molar-refractivity contribution in [2.24, 2.45) is 5.92 Å². The van der Waals surface area contributed by atoms with Crippen LogP contribution in [0.15, 0.2) is 0 Å². The highest BCUT2D eigenvalue weighted by molar-refractivity contribution is 4.78. The third kappa shape index (κ3) is 3.74. The monoisotopic (exact) mass is 224 g/mol. The fraction of sp³-hybridized carbons (Fsp3) is 1.00. The van der Waals surface area contributed by atoms with Crippen LogP contribution < -0.4 is 5.32 Å². The highest BCUT2D eigenvalue weighted by Crippen LogP contribution is 2.20. The van der Waals surface area contributed by atoms with Crippen LogP contribution in [0.3, 0.4) is 0 Å². The lowest BCUT2D eigenvalue weighted by Gasteiger charge is -2.34. The molecule has 2 saturated heterocycles. The molecule has 0 amide bonds. The van der Waals surface area contributed by atoms with Crippen molar-refractivity contribution in [3.63, 3.8) is 0 Å². The molecule has 2 rings (SSSR count). The van der Waals surface area contributed by atoms with Gasteiger partial charge in [0.1, 0.15) is 0 Å². The van der Waals surface area contributed by atoms with Crippen LogP contribution in [-0.4, -0.2) is 37.1 Å². The predicted octanol–water partition coefficient (Wildman–Crippen LogP) is 2.64. The van der Waals surface area contributed by atoms with Gasteiger partial charge in [-0.25, -0.2) is 0 Å². The number of nitrogens with one attached hydrogen (secondary N) is 1. The second kappa shape index (κ2) is 6.61. The van der Waals surface area contributed by atoms with E-state index in [1.807, 2.05) is 0 Å². The summed E-state index contributed by atoms with van der Waals surface area (Å²) in [7, 11) is 0. The Hall–Kier alpha value is -0.0800. The molecular formula is C14H28N2. The summed E-state index contributed by atoms with van der Waals surface area (Å²) in [6.07, 6.45) is 9.90. The summed E-state index contributed by atoms with van der Waals surface area (Å²) in [5, 5.41) is 3.71. The van der Waals surface area contributed by atoms with E-state index in [0.29, 0.717) is 0 Å². The normalized spacial score (nSPS) is 30.2. The van der Waals surface area contributed by atoms with E-state index in [1.165, 1.54) is 71.1 Å². The average molecular weight is 224 g/mol. The molecule has 1 atom stereocenters. The van der Waals surface area contributed by atoms with E-state index in [2.05, 4.69) is 17.1 Å². The lowest BCUT2D eigenvalue weighted by atomic mass is 9.94. The third-order valence-corrected chi connectivity index (χ3v) is 4.43. The molecule has 2 heteroatoms. The first-order valence-electron chi connectivity index (χ1n) is 7.34. The van der Waals surface area contributed by atoms with Crippen LogP contribution in [0.2, 0.25) is 0 Å². The molecule has 0 aliphatic carbocycles. The number of hydrogen-bond donors (Lipinski definition) is 1. The number of piperidine rings is 1. The number of likely N-dealkylation sites (tertiary alicyclic amines) is 1. The third-order valence-electron chi connectivity index (χ3n) is 4.43. The van der Waals surface area contributed by atoms with Gasteiger partial charge in [0.05, 0.1) is 0 Å². The highest BCUT2D eigenvalue weighted by Gasteiger charge is 2.20.